The Kier molecular flexibility index (Phi) is 7.10. The normalized spacial score (nSPS) is 11.8. The van der Waals surface area contributed by atoms with E-state index in [4.69, 9.17) is 0 Å². The van der Waals surface area contributed by atoms with Gasteiger partial charge in [-0.2, -0.15) is 0 Å². The number of carbonyl (C=O) groups is 2. The van der Waals surface area contributed by atoms with Crippen LogP contribution in [0.1, 0.15) is 16.5 Å². The van der Waals surface area contributed by atoms with Gasteiger partial charge in [0.2, 0.25) is 11.8 Å². The van der Waals surface area contributed by atoms with E-state index in [1.807, 2.05) is 47.8 Å². The summed E-state index contributed by atoms with van der Waals surface area (Å²) in [5.74, 6) is -0.923. The Bertz CT molecular complexity index is 948. The predicted molar refractivity (Wildman–Crippen MR) is 113 cm³/mol. The molecule has 1 atom stereocenters. The van der Waals surface area contributed by atoms with Crippen molar-refractivity contribution in [2.75, 3.05) is 25.5 Å². The molecule has 1 aromatic heterocycles. The first-order valence-corrected chi connectivity index (χ1v) is 10.0. The summed E-state index contributed by atoms with van der Waals surface area (Å²) in [6.07, 6.45) is 0. The van der Waals surface area contributed by atoms with Crippen molar-refractivity contribution in [3.8, 4) is 0 Å². The first-order valence-electron chi connectivity index (χ1n) is 9.13. The zero-order valence-corrected chi connectivity index (χ0v) is 16.8. The number of amides is 2. The van der Waals surface area contributed by atoms with Crippen LogP contribution in [0.2, 0.25) is 0 Å². The molecule has 3 rings (SSSR count). The molecular formula is C22H22FN3O2S. The number of benzene rings is 2. The lowest BCUT2D eigenvalue weighted by Gasteiger charge is -2.21. The second kappa shape index (κ2) is 9.95. The number of halogens is 1. The van der Waals surface area contributed by atoms with Crippen LogP contribution >= 0.6 is 11.3 Å². The topological polar surface area (TPSA) is 61.4 Å². The van der Waals surface area contributed by atoms with Crippen molar-refractivity contribution in [3.63, 3.8) is 0 Å². The third-order valence-corrected chi connectivity index (χ3v) is 5.14. The summed E-state index contributed by atoms with van der Waals surface area (Å²) in [6, 6.07) is 19.1. The summed E-state index contributed by atoms with van der Waals surface area (Å²) in [7, 11) is 1.69. The minimum absolute atomic E-state index is 0.0128. The fourth-order valence-corrected chi connectivity index (χ4v) is 3.74. The third kappa shape index (κ3) is 6.23. The van der Waals surface area contributed by atoms with Crippen molar-refractivity contribution < 1.29 is 14.0 Å². The van der Waals surface area contributed by atoms with Crippen LogP contribution in [0.25, 0.3) is 0 Å². The summed E-state index contributed by atoms with van der Waals surface area (Å²) >= 11 is 1.58. The molecule has 0 aliphatic heterocycles. The molecule has 2 amide bonds. The van der Waals surface area contributed by atoms with E-state index >= 15 is 0 Å². The number of hydrogen-bond donors (Lipinski definition) is 2. The van der Waals surface area contributed by atoms with Crippen LogP contribution in [-0.2, 0) is 9.59 Å². The fourth-order valence-electron chi connectivity index (χ4n) is 2.94. The molecule has 3 aromatic rings. The molecule has 0 aliphatic rings. The maximum absolute atomic E-state index is 13.2. The maximum atomic E-state index is 13.2. The Balaban J connectivity index is 1.56. The Morgan fingerprint density at radius 2 is 1.76 bits per heavy atom. The standard InChI is InChI=1S/C22H22FN3O2S/c1-26(14-20(27)24-18-10-5-9-17(23)13-18)15-21(28)25-22(19-11-6-12-29-19)16-7-3-2-4-8-16/h2-13,22H,14-15H2,1H3,(H,24,27)(H,25,28)/t22-/m0/s1. The minimum Gasteiger partial charge on any atom is -0.343 e. The molecule has 2 N–H and O–H groups in total. The lowest BCUT2D eigenvalue weighted by atomic mass is 10.1. The van der Waals surface area contributed by atoms with E-state index in [1.54, 1.807) is 29.4 Å². The third-order valence-electron chi connectivity index (χ3n) is 4.20. The highest BCUT2D eigenvalue weighted by molar-refractivity contribution is 7.10. The first-order chi connectivity index (χ1) is 14.0. The van der Waals surface area contributed by atoms with Gasteiger partial charge in [-0.3, -0.25) is 14.5 Å². The Morgan fingerprint density at radius 1 is 1.00 bits per heavy atom. The van der Waals surface area contributed by atoms with Crippen LogP contribution in [0.4, 0.5) is 10.1 Å². The molecule has 0 saturated carbocycles. The van der Waals surface area contributed by atoms with Crippen LogP contribution < -0.4 is 10.6 Å². The molecule has 0 bridgehead atoms. The van der Waals surface area contributed by atoms with Crippen molar-refractivity contribution in [2.45, 2.75) is 6.04 Å². The number of thiophene rings is 1. The molecule has 29 heavy (non-hydrogen) atoms. The van der Waals surface area contributed by atoms with Crippen LogP contribution in [-0.4, -0.2) is 36.9 Å². The van der Waals surface area contributed by atoms with Crippen LogP contribution in [0, 0.1) is 5.82 Å². The summed E-state index contributed by atoms with van der Waals surface area (Å²) in [5.41, 5.74) is 1.38. The molecule has 0 radical (unpaired) electrons. The second-order valence-electron chi connectivity index (χ2n) is 6.66. The lowest BCUT2D eigenvalue weighted by Crippen LogP contribution is -2.40. The Labute approximate surface area is 173 Å². The molecule has 0 saturated heterocycles. The number of likely N-dealkylation sites (N-methyl/N-ethyl adjacent to an activating group) is 1. The fraction of sp³-hybridized carbons (Fsp3) is 0.182. The van der Waals surface area contributed by atoms with Gasteiger partial charge >= 0.3 is 0 Å². The summed E-state index contributed by atoms with van der Waals surface area (Å²) in [6.45, 7) is 0.0736. The van der Waals surface area contributed by atoms with Crippen molar-refractivity contribution in [3.05, 3.63) is 88.4 Å². The van der Waals surface area contributed by atoms with Crippen molar-refractivity contribution >= 4 is 28.8 Å². The molecule has 0 unspecified atom stereocenters. The molecule has 150 valence electrons. The number of nitrogens with zero attached hydrogens (tertiary/aromatic N) is 1. The highest BCUT2D eigenvalue weighted by atomic mass is 32.1. The number of hydrogen-bond acceptors (Lipinski definition) is 4. The minimum atomic E-state index is -0.420. The zero-order chi connectivity index (χ0) is 20.6. The van der Waals surface area contributed by atoms with E-state index < -0.39 is 5.82 Å². The Morgan fingerprint density at radius 3 is 2.45 bits per heavy atom. The van der Waals surface area contributed by atoms with Crippen LogP contribution in [0.15, 0.2) is 72.1 Å². The number of rotatable bonds is 8. The van der Waals surface area contributed by atoms with E-state index in [2.05, 4.69) is 10.6 Å². The molecule has 1 heterocycles. The highest BCUT2D eigenvalue weighted by Crippen LogP contribution is 2.25. The van der Waals surface area contributed by atoms with Gasteiger partial charge in [0.05, 0.1) is 19.1 Å². The van der Waals surface area contributed by atoms with E-state index in [0.29, 0.717) is 5.69 Å². The van der Waals surface area contributed by atoms with E-state index in [9.17, 15) is 14.0 Å². The number of anilines is 1. The maximum Gasteiger partial charge on any atom is 0.238 e. The first kappa shape index (κ1) is 20.7. The van der Waals surface area contributed by atoms with E-state index in [1.165, 1.54) is 18.2 Å². The van der Waals surface area contributed by atoms with Gasteiger partial charge in [0.1, 0.15) is 5.82 Å². The molecule has 2 aromatic carbocycles. The van der Waals surface area contributed by atoms with E-state index in [0.717, 1.165) is 10.4 Å². The molecule has 5 nitrogen and oxygen atoms in total. The largest absolute Gasteiger partial charge is 0.343 e. The predicted octanol–water partition coefficient (Wildman–Crippen LogP) is 3.66. The van der Waals surface area contributed by atoms with Gasteiger partial charge in [0.25, 0.3) is 0 Å². The molecule has 0 aliphatic carbocycles. The van der Waals surface area contributed by atoms with Gasteiger partial charge in [-0.25, -0.2) is 4.39 Å². The highest BCUT2D eigenvalue weighted by Gasteiger charge is 2.19. The number of nitrogens with one attached hydrogen (secondary N) is 2. The average Bonchev–Trinajstić information content (AvgIpc) is 3.21. The summed E-state index contributed by atoms with van der Waals surface area (Å²) < 4.78 is 13.2. The quantitative estimate of drug-likeness (QED) is 0.595. The van der Waals surface area contributed by atoms with Gasteiger partial charge < -0.3 is 10.6 Å². The van der Waals surface area contributed by atoms with Gasteiger partial charge in [-0.15, -0.1) is 11.3 Å². The average molecular weight is 412 g/mol. The van der Waals surface area contributed by atoms with Crippen molar-refractivity contribution in [2.24, 2.45) is 0 Å². The second-order valence-corrected chi connectivity index (χ2v) is 7.64. The van der Waals surface area contributed by atoms with E-state index in [-0.39, 0.29) is 30.9 Å². The molecular weight excluding hydrogens is 389 g/mol. The monoisotopic (exact) mass is 411 g/mol. The Hall–Kier alpha value is -3.03. The van der Waals surface area contributed by atoms with Crippen molar-refractivity contribution in [1.82, 2.24) is 10.2 Å². The van der Waals surface area contributed by atoms with Crippen LogP contribution in [0.3, 0.4) is 0 Å². The molecule has 0 spiro atoms. The SMILES string of the molecule is CN(CC(=O)Nc1cccc(F)c1)CC(=O)N[C@@H](c1ccccc1)c1cccs1. The molecule has 0 fully saturated rings. The van der Waals surface area contributed by atoms with Gasteiger partial charge in [0, 0.05) is 10.6 Å². The summed E-state index contributed by atoms with van der Waals surface area (Å²) in [4.78, 5) is 27.4. The lowest BCUT2D eigenvalue weighted by molar-refractivity contribution is -0.123. The zero-order valence-electron chi connectivity index (χ0n) is 16.0. The number of carbonyl (C=O) groups excluding carboxylic acids is 2. The molecule has 7 heteroatoms. The van der Waals surface area contributed by atoms with Gasteiger partial charge in [-0.05, 0) is 42.3 Å². The summed E-state index contributed by atoms with van der Waals surface area (Å²) in [5, 5.41) is 7.64. The van der Waals surface area contributed by atoms with Gasteiger partial charge in [0.15, 0.2) is 0 Å². The van der Waals surface area contributed by atoms with Gasteiger partial charge in [-0.1, -0.05) is 42.5 Å². The smallest absolute Gasteiger partial charge is 0.238 e. The van der Waals surface area contributed by atoms with Crippen LogP contribution in [0.5, 0.6) is 0 Å². The van der Waals surface area contributed by atoms with Crippen molar-refractivity contribution in [1.29, 1.82) is 0 Å².